The SMILES string of the molecule is CNCc1cc(O)cc(C2CC34CCCCC5(CCCCC(C)(O)CNC(CC6(CCO)C3CCC3=C(C(C)CC(O)C7OC7(C)C7CCCC7c7cccc(N)c7)C(=O)CC36C)C54)C2=O)c1. The number of nitrogen functional groups attached to an aromatic ring is 1. The lowest BCUT2D eigenvalue weighted by Gasteiger charge is -2.72. The zero-order valence-electron chi connectivity index (χ0n) is 41.2. The van der Waals surface area contributed by atoms with Crippen LogP contribution in [0.3, 0.4) is 0 Å². The van der Waals surface area contributed by atoms with Crippen molar-refractivity contribution in [2.45, 2.75) is 191 Å². The van der Waals surface area contributed by atoms with Crippen LogP contribution >= 0.6 is 0 Å². The number of Topliss-reactive ketones (excluding diaryl/α,β-unsaturated/α-hetero) is 2. The van der Waals surface area contributed by atoms with Gasteiger partial charge in [0.1, 0.15) is 17.6 Å². The number of hydrogen-bond acceptors (Lipinski definition) is 10. The minimum absolute atomic E-state index is 0.00508. The van der Waals surface area contributed by atoms with Gasteiger partial charge in [-0.15, -0.1) is 0 Å². The van der Waals surface area contributed by atoms with Crippen LogP contribution in [-0.2, 0) is 20.9 Å². The highest BCUT2D eigenvalue weighted by molar-refractivity contribution is 6.00. The van der Waals surface area contributed by atoms with Crippen LogP contribution in [0.15, 0.2) is 53.6 Å². The van der Waals surface area contributed by atoms with E-state index < -0.39 is 33.6 Å². The van der Waals surface area contributed by atoms with Crippen molar-refractivity contribution in [3.8, 4) is 5.75 Å². The van der Waals surface area contributed by atoms with Crippen molar-refractivity contribution in [2.75, 3.05) is 25.9 Å². The molecule has 2 saturated heterocycles. The topological polar surface area (TPSA) is 178 Å². The summed E-state index contributed by atoms with van der Waals surface area (Å²) in [5.74, 6) is 0.985. The molecule has 10 heteroatoms. The van der Waals surface area contributed by atoms with Crippen molar-refractivity contribution in [1.82, 2.24) is 10.6 Å². The highest BCUT2D eigenvalue weighted by atomic mass is 16.6. The first-order valence-corrected chi connectivity index (χ1v) is 26.5. The van der Waals surface area contributed by atoms with Gasteiger partial charge >= 0.3 is 0 Å². The molecular weight excluding hydrogens is 839 g/mol. The number of aromatic hydroxyl groups is 1. The molecule has 0 spiro atoms. The molecule has 0 amide bonds. The van der Waals surface area contributed by atoms with Gasteiger partial charge in [0.15, 0.2) is 5.78 Å². The van der Waals surface area contributed by atoms with Crippen molar-refractivity contribution in [1.29, 1.82) is 0 Å². The van der Waals surface area contributed by atoms with Crippen molar-refractivity contribution in [2.24, 2.45) is 45.3 Å². The average Bonchev–Trinajstić information content (AvgIpc) is 3.61. The third-order valence-corrected chi connectivity index (χ3v) is 20.6. The second-order valence-electron chi connectivity index (χ2n) is 24.3. The molecule has 10 rings (SSSR count). The van der Waals surface area contributed by atoms with E-state index in [0.717, 1.165) is 106 Å². The normalized spacial score (nSPS) is 42.6. The largest absolute Gasteiger partial charge is 0.508 e. The molecule has 7 fully saturated rings. The van der Waals surface area contributed by atoms with E-state index in [9.17, 15) is 20.4 Å². The molecule has 15 atom stereocenters. The minimum atomic E-state index is -0.903. The summed E-state index contributed by atoms with van der Waals surface area (Å²) in [5.41, 5.74) is 9.08. The maximum atomic E-state index is 15.9. The Bertz CT molecular complexity index is 2280. The monoisotopic (exact) mass is 920 g/mol. The third kappa shape index (κ3) is 7.53. The van der Waals surface area contributed by atoms with Gasteiger partial charge in [0, 0.05) is 54.6 Å². The summed E-state index contributed by atoms with van der Waals surface area (Å²) >= 11 is 0. The number of ether oxygens (including phenoxy) is 1. The summed E-state index contributed by atoms with van der Waals surface area (Å²) in [5, 5.41) is 53.8. The molecule has 0 radical (unpaired) electrons. The Balaban J connectivity index is 1.03. The first kappa shape index (κ1) is 47.6. The fourth-order valence-electron chi connectivity index (χ4n) is 18.2. The average molecular weight is 920 g/mol. The second kappa shape index (κ2) is 17.3. The molecule has 366 valence electrons. The van der Waals surface area contributed by atoms with Gasteiger partial charge in [-0.3, -0.25) is 9.59 Å². The number of rotatable bonds is 11. The molecule has 5 saturated carbocycles. The van der Waals surface area contributed by atoms with E-state index in [1.165, 1.54) is 11.1 Å². The highest BCUT2D eigenvalue weighted by Gasteiger charge is 2.75. The first-order valence-electron chi connectivity index (χ1n) is 26.5. The lowest BCUT2D eigenvalue weighted by molar-refractivity contribution is -0.215. The van der Waals surface area contributed by atoms with E-state index in [1.807, 2.05) is 32.2 Å². The zero-order chi connectivity index (χ0) is 47.3. The highest BCUT2D eigenvalue weighted by Crippen LogP contribution is 2.78. The first-order chi connectivity index (χ1) is 32.0. The van der Waals surface area contributed by atoms with Gasteiger partial charge < -0.3 is 41.5 Å². The number of carbonyl (C=O) groups is 2. The summed E-state index contributed by atoms with van der Waals surface area (Å²) in [6.07, 6.45) is 13.8. The van der Waals surface area contributed by atoms with E-state index in [2.05, 4.69) is 49.6 Å². The predicted octanol–water partition coefficient (Wildman–Crippen LogP) is 8.78. The quantitative estimate of drug-likeness (QED) is 0.0852. The Morgan fingerprint density at radius 3 is 2.45 bits per heavy atom. The lowest BCUT2D eigenvalue weighted by atomic mass is 9.32. The third-order valence-electron chi connectivity index (χ3n) is 20.6. The predicted molar refractivity (Wildman–Crippen MR) is 261 cm³/mol. The van der Waals surface area contributed by atoms with Gasteiger partial charge in [0.25, 0.3) is 0 Å². The summed E-state index contributed by atoms with van der Waals surface area (Å²) in [6.45, 7) is 9.63. The number of β-amino-alcohol motifs (C(OH)–C–C–N with tert-alkyl or cyclic N) is 1. The van der Waals surface area contributed by atoms with E-state index in [-0.39, 0.29) is 65.3 Å². The number of epoxide rings is 1. The van der Waals surface area contributed by atoms with Gasteiger partial charge in [-0.2, -0.15) is 0 Å². The number of benzene rings is 2. The standard InChI is InChI=1S/C57H81N3O7/c1-34(24-45(63)51-54(4,67-51)42-15-11-14-40(42)36-12-10-13-38(58)27-36)48-43-16-17-47-56-21-9-8-20-55(50(65)41(29-56)37-25-35(32-59-5)26-39(62)28-37)19-7-6-18-52(2,66)33-60-44(49(55)56)30-57(47,22-23-61)53(43,3)31-46(48)64/h10,12-13,25-28,34,40-42,44-45,47,49,51,59-63,66H,6-9,11,14-24,29-33,58H2,1-5H3. The summed E-state index contributed by atoms with van der Waals surface area (Å²) in [6, 6.07) is 13.9. The van der Waals surface area contributed by atoms with Crippen LogP contribution in [0.25, 0.3) is 0 Å². The van der Waals surface area contributed by atoms with Crippen LogP contribution in [0.1, 0.15) is 172 Å². The van der Waals surface area contributed by atoms with Crippen molar-refractivity contribution >= 4 is 17.3 Å². The van der Waals surface area contributed by atoms with Crippen LogP contribution in [0, 0.1) is 45.3 Å². The fraction of sp³-hybridized carbons (Fsp3) is 0.719. The Labute approximate surface area is 399 Å². The number of nitrogens with one attached hydrogen (secondary N) is 2. The number of nitrogens with two attached hydrogens (primary N) is 1. The lowest BCUT2D eigenvalue weighted by Crippen LogP contribution is -2.72. The molecule has 8 aliphatic rings. The Kier molecular flexibility index (Phi) is 12.3. The van der Waals surface area contributed by atoms with Crippen LogP contribution in [0.2, 0.25) is 0 Å². The minimum Gasteiger partial charge on any atom is -0.508 e. The van der Waals surface area contributed by atoms with Gasteiger partial charge in [0.05, 0.1) is 17.3 Å². The van der Waals surface area contributed by atoms with E-state index in [4.69, 9.17) is 10.5 Å². The molecule has 2 aliphatic heterocycles. The fourth-order valence-corrected chi connectivity index (χ4v) is 18.2. The number of fused-ring (bicyclic) bond motifs is 3. The smallest absolute Gasteiger partial charge is 0.159 e. The number of carbonyl (C=O) groups excluding carboxylic acids is 2. The zero-order valence-corrected chi connectivity index (χ0v) is 41.2. The Hall–Kier alpha value is -3.12. The molecular formula is C57H81N3O7. The van der Waals surface area contributed by atoms with E-state index in [0.29, 0.717) is 56.9 Å². The summed E-state index contributed by atoms with van der Waals surface area (Å²) in [7, 11) is 1.90. The molecule has 8 N–H and O–H groups in total. The summed E-state index contributed by atoms with van der Waals surface area (Å²) in [4.78, 5) is 30.9. The van der Waals surface area contributed by atoms with E-state index in [1.54, 1.807) is 6.07 Å². The van der Waals surface area contributed by atoms with Crippen molar-refractivity contribution in [3.05, 3.63) is 70.3 Å². The molecule has 2 aromatic rings. The van der Waals surface area contributed by atoms with Gasteiger partial charge in [-0.25, -0.2) is 0 Å². The number of phenolic OH excluding ortho intramolecular Hbond substituents is 1. The van der Waals surface area contributed by atoms with Crippen LogP contribution in [-0.4, -0.2) is 81.6 Å². The van der Waals surface area contributed by atoms with Gasteiger partial charge in [-0.1, -0.05) is 69.7 Å². The van der Waals surface area contributed by atoms with E-state index >= 15 is 9.59 Å². The van der Waals surface area contributed by atoms with Crippen LogP contribution in [0.4, 0.5) is 5.69 Å². The van der Waals surface area contributed by atoms with Crippen molar-refractivity contribution < 1.29 is 34.8 Å². The number of aliphatic hydroxyl groups excluding tert-OH is 2. The number of ketones is 2. The Morgan fingerprint density at radius 1 is 0.940 bits per heavy atom. The van der Waals surface area contributed by atoms with Crippen LogP contribution in [0.5, 0.6) is 5.75 Å². The number of allylic oxidation sites excluding steroid dienone is 2. The molecule has 2 aromatic carbocycles. The molecule has 15 unspecified atom stereocenters. The van der Waals surface area contributed by atoms with Crippen LogP contribution < -0.4 is 16.4 Å². The number of anilines is 1. The maximum Gasteiger partial charge on any atom is 0.159 e. The number of phenols is 1. The second-order valence-corrected chi connectivity index (χ2v) is 24.3. The molecule has 67 heavy (non-hydrogen) atoms. The van der Waals surface area contributed by atoms with Crippen molar-refractivity contribution in [3.63, 3.8) is 0 Å². The Morgan fingerprint density at radius 2 is 1.70 bits per heavy atom. The molecule has 6 aliphatic carbocycles. The molecule has 2 heterocycles. The summed E-state index contributed by atoms with van der Waals surface area (Å²) < 4.78 is 6.55. The molecule has 10 nitrogen and oxygen atoms in total. The molecule has 0 aromatic heterocycles. The van der Waals surface area contributed by atoms with Gasteiger partial charge in [0.2, 0.25) is 0 Å². The van der Waals surface area contributed by atoms with Gasteiger partial charge in [-0.05, 0) is 185 Å². The number of hydrogen-bond donors (Lipinski definition) is 7. The number of aliphatic hydroxyl groups is 3. The molecule has 2 bridgehead atoms. The maximum absolute atomic E-state index is 15.9.